The van der Waals surface area contributed by atoms with Gasteiger partial charge in [-0.05, 0) is 25.2 Å². The van der Waals surface area contributed by atoms with Crippen LogP contribution in [0.2, 0.25) is 0 Å². The van der Waals surface area contributed by atoms with Crippen LogP contribution in [-0.2, 0) is 9.53 Å². The molecule has 2 saturated heterocycles. The Labute approximate surface area is 119 Å². The summed E-state index contributed by atoms with van der Waals surface area (Å²) in [4.78, 5) is 14.1. The van der Waals surface area contributed by atoms with E-state index in [4.69, 9.17) is 10.00 Å². The van der Waals surface area contributed by atoms with Gasteiger partial charge >= 0.3 is 0 Å². The molecule has 20 heavy (non-hydrogen) atoms. The Morgan fingerprint density at radius 2 is 2.35 bits per heavy atom. The number of carbonyl (C=O) groups is 1. The number of aliphatic hydroxyl groups excluding tert-OH is 1. The zero-order valence-corrected chi connectivity index (χ0v) is 12.1. The lowest BCUT2D eigenvalue weighted by Gasteiger charge is -2.43. The van der Waals surface area contributed by atoms with Crippen LogP contribution in [0.15, 0.2) is 11.6 Å². The van der Waals surface area contributed by atoms with Crippen LogP contribution in [0, 0.1) is 17.2 Å². The average Bonchev–Trinajstić information content (AvgIpc) is 2.88. The molecule has 2 rings (SSSR count). The number of likely N-dealkylation sites (tertiary alicyclic amines) is 1. The minimum atomic E-state index is -0.619. The van der Waals surface area contributed by atoms with Crippen molar-refractivity contribution in [2.24, 2.45) is 5.92 Å². The molecule has 2 aliphatic rings. The fourth-order valence-electron chi connectivity index (χ4n) is 2.99. The van der Waals surface area contributed by atoms with Crippen LogP contribution < -0.4 is 0 Å². The summed E-state index contributed by atoms with van der Waals surface area (Å²) in [5, 5.41) is 19.3. The van der Waals surface area contributed by atoms with Crippen molar-refractivity contribution in [1.82, 2.24) is 4.90 Å². The number of aliphatic hydroxyl groups is 1. The van der Waals surface area contributed by atoms with Gasteiger partial charge in [0.1, 0.15) is 17.2 Å². The fourth-order valence-corrected chi connectivity index (χ4v) is 2.99. The van der Waals surface area contributed by atoms with E-state index in [1.54, 1.807) is 11.0 Å². The fraction of sp³-hybridized carbons (Fsp3) is 0.733. The van der Waals surface area contributed by atoms with Gasteiger partial charge < -0.3 is 14.7 Å². The second kappa shape index (κ2) is 5.94. The Morgan fingerprint density at radius 3 is 2.90 bits per heavy atom. The number of hydrogen-bond donors (Lipinski definition) is 1. The molecule has 110 valence electrons. The van der Waals surface area contributed by atoms with Gasteiger partial charge in [0.15, 0.2) is 0 Å². The zero-order valence-electron chi connectivity index (χ0n) is 12.1. The van der Waals surface area contributed by atoms with Gasteiger partial charge in [0.2, 0.25) is 0 Å². The Morgan fingerprint density at radius 1 is 1.60 bits per heavy atom. The smallest absolute Gasteiger partial charge is 0.264 e. The molecule has 0 aromatic carbocycles. The van der Waals surface area contributed by atoms with E-state index in [9.17, 15) is 9.90 Å². The van der Waals surface area contributed by atoms with E-state index in [2.05, 4.69) is 0 Å². The predicted molar refractivity (Wildman–Crippen MR) is 73.7 cm³/mol. The van der Waals surface area contributed by atoms with Crippen LogP contribution in [-0.4, -0.2) is 47.3 Å². The summed E-state index contributed by atoms with van der Waals surface area (Å²) in [6.45, 7) is 5.36. The highest BCUT2D eigenvalue weighted by molar-refractivity contribution is 5.97. The first-order valence-electron chi connectivity index (χ1n) is 7.22. The Hall–Kier alpha value is -1.38. The second-order valence-corrected chi connectivity index (χ2v) is 5.98. The molecule has 1 N–H and O–H groups in total. The number of nitriles is 1. The summed E-state index contributed by atoms with van der Waals surface area (Å²) in [6.07, 6.45) is 3.36. The molecule has 0 unspecified atom stereocenters. The number of rotatable bonds is 2. The van der Waals surface area contributed by atoms with E-state index in [0.717, 1.165) is 12.8 Å². The Bertz CT molecular complexity index is 445. The quantitative estimate of drug-likeness (QED) is 0.609. The third-order valence-corrected chi connectivity index (χ3v) is 4.01. The molecule has 0 saturated carbocycles. The van der Waals surface area contributed by atoms with Crippen LogP contribution in [0.25, 0.3) is 0 Å². The average molecular weight is 278 g/mol. The predicted octanol–water partition coefficient (Wildman–Crippen LogP) is 1.23. The lowest BCUT2D eigenvalue weighted by atomic mass is 9.86. The molecule has 2 aliphatic heterocycles. The van der Waals surface area contributed by atoms with Gasteiger partial charge in [-0.15, -0.1) is 0 Å². The Balaban J connectivity index is 2.13. The molecular weight excluding hydrogens is 256 g/mol. The van der Waals surface area contributed by atoms with Gasteiger partial charge in [0.25, 0.3) is 5.91 Å². The third kappa shape index (κ3) is 2.87. The summed E-state index contributed by atoms with van der Waals surface area (Å²) in [5.74, 6) is -0.0938. The van der Waals surface area contributed by atoms with E-state index >= 15 is 0 Å². The maximum atomic E-state index is 12.4. The normalized spacial score (nSPS) is 30.9. The third-order valence-electron chi connectivity index (χ3n) is 4.01. The molecule has 0 bridgehead atoms. The summed E-state index contributed by atoms with van der Waals surface area (Å²) in [6, 6.07) is 1.99. The molecule has 2 fully saturated rings. The standard InChI is InChI=1S/C15H22N2O3/c1-11(2)8-12(9-16)14(19)17-6-4-13(18)15(10-17)5-3-7-20-15/h8,11,13,18H,3-7,10H2,1-2H3/b12-8+/t13-,15-/m0/s1. The Kier molecular flexibility index (Phi) is 4.46. The summed E-state index contributed by atoms with van der Waals surface area (Å²) >= 11 is 0. The molecule has 5 heteroatoms. The van der Waals surface area contributed by atoms with Crippen LogP contribution in [0.5, 0.6) is 0 Å². The van der Waals surface area contributed by atoms with Gasteiger partial charge in [0, 0.05) is 13.2 Å². The minimum absolute atomic E-state index is 0.153. The summed E-state index contributed by atoms with van der Waals surface area (Å²) in [7, 11) is 0. The first-order valence-corrected chi connectivity index (χ1v) is 7.22. The number of carbonyl (C=O) groups excluding carboxylic acids is 1. The topological polar surface area (TPSA) is 73.6 Å². The molecule has 0 aromatic rings. The molecule has 1 spiro atoms. The highest BCUT2D eigenvalue weighted by Crippen LogP contribution is 2.35. The van der Waals surface area contributed by atoms with Crippen molar-refractivity contribution < 1.29 is 14.6 Å². The maximum absolute atomic E-state index is 12.4. The van der Waals surface area contributed by atoms with Crippen LogP contribution >= 0.6 is 0 Å². The van der Waals surface area contributed by atoms with Crippen molar-refractivity contribution in [2.45, 2.75) is 44.8 Å². The number of nitrogens with zero attached hydrogens (tertiary/aromatic N) is 2. The lowest BCUT2D eigenvalue weighted by Crippen LogP contribution is -2.58. The van der Waals surface area contributed by atoms with E-state index in [1.165, 1.54) is 0 Å². The van der Waals surface area contributed by atoms with Crippen LogP contribution in [0.1, 0.15) is 33.1 Å². The summed E-state index contributed by atoms with van der Waals surface area (Å²) < 4.78 is 5.72. The van der Waals surface area contributed by atoms with Crippen molar-refractivity contribution in [3.8, 4) is 6.07 Å². The van der Waals surface area contributed by atoms with Gasteiger partial charge in [0.05, 0.1) is 12.6 Å². The first-order chi connectivity index (χ1) is 9.48. The zero-order chi connectivity index (χ0) is 14.8. The monoisotopic (exact) mass is 278 g/mol. The van der Waals surface area contributed by atoms with E-state index in [1.807, 2.05) is 19.9 Å². The maximum Gasteiger partial charge on any atom is 0.264 e. The minimum Gasteiger partial charge on any atom is -0.390 e. The van der Waals surface area contributed by atoms with Gasteiger partial charge in [-0.25, -0.2) is 0 Å². The first kappa shape index (κ1) is 15.0. The highest BCUT2D eigenvalue weighted by Gasteiger charge is 2.47. The van der Waals surface area contributed by atoms with E-state index in [0.29, 0.717) is 26.1 Å². The SMILES string of the molecule is CC(C)/C=C(\C#N)C(=O)N1CC[C@H](O)[C@]2(CCCO2)C1. The molecule has 5 nitrogen and oxygen atoms in total. The van der Waals surface area contributed by atoms with Crippen molar-refractivity contribution >= 4 is 5.91 Å². The van der Waals surface area contributed by atoms with E-state index < -0.39 is 11.7 Å². The van der Waals surface area contributed by atoms with Crippen molar-refractivity contribution in [2.75, 3.05) is 19.7 Å². The molecule has 2 heterocycles. The molecule has 0 radical (unpaired) electrons. The van der Waals surface area contributed by atoms with E-state index in [-0.39, 0.29) is 17.4 Å². The van der Waals surface area contributed by atoms with Gasteiger partial charge in [-0.1, -0.05) is 19.9 Å². The molecule has 0 aromatic heterocycles. The molecule has 0 aliphatic carbocycles. The number of amides is 1. The van der Waals surface area contributed by atoms with Crippen molar-refractivity contribution in [3.05, 3.63) is 11.6 Å². The molecule has 2 atom stereocenters. The van der Waals surface area contributed by atoms with Crippen molar-refractivity contribution in [1.29, 1.82) is 5.26 Å². The number of ether oxygens (including phenoxy) is 1. The number of hydrogen-bond acceptors (Lipinski definition) is 4. The molecule has 1 amide bonds. The van der Waals surface area contributed by atoms with Crippen molar-refractivity contribution in [3.63, 3.8) is 0 Å². The number of piperidine rings is 1. The van der Waals surface area contributed by atoms with Crippen LogP contribution in [0.4, 0.5) is 0 Å². The largest absolute Gasteiger partial charge is 0.390 e. The lowest BCUT2D eigenvalue weighted by molar-refractivity contribution is -0.151. The highest BCUT2D eigenvalue weighted by atomic mass is 16.5. The number of allylic oxidation sites excluding steroid dienone is 1. The molecular formula is C15H22N2O3. The van der Waals surface area contributed by atoms with Crippen LogP contribution in [0.3, 0.4) is 0 Å². The van der Waals surface area contributed by atoms with Gasteiger partial charge in [-0.2, -0.15) is 5.26 Å². The van der Waals surface area contributed by atoms with Gasteiger partial charge in [-0.3, -0.25) is 4.79 Å². The summed E-state index contributed by atoms with van der Waals surface area (Å²) in [5.41, 5.74) is -0.434. The second-order valence-electron chi connectivity index (χ2n) is 5.98.